The molecule has 0 unspecified atom stereocenters. The van der Waals surface area contributed by atoms with E-state index in [4.69, 9.17) is 4.42 Å². The number of hydrogen-bond acceptors (Lipinski definition) is 4. The van der Waals surface area contributed by atoms with Gasteiger partial charge in [-0.2, -0.15) is 0 Å². The Morgan fingerprint density at radius 3 is 1.82 bits per heavy atom. The Balaban J connectivity index is 1.29. The normalized spacial score (nSPS) is 13.9. The number of aryl methyl sites for hydroxylation is 3. The van der Waals surface area contributed by atoms with Crippen molar-refractivity contribution in [3.8, 4) is 11.1 Å². The van der Waals surface area contributed by atoms with Crippen molar-refractivity contribution in [2.24, 2.45) is 0 Å². The molecule has 5 heteroatoms. The molecule has 10 rings (SSSR count). The molecule has 0 saturated carbocycles. The van der Waals surface area contributed by atoms with Gasteiger partial charge in [0.25, 0.3) is 6.71 Å². The highest BCUT2D eigenvalue weighted by Gasteiger charge is 2.46. The number of fused-ring (bicyclic) bond motifs is 7. The van der Waals surface area contributed by atoms with Gasteiger partial charge in [0.2, 0.25) is 0 Å². The van der Waals surface area contributed by atoms with Crippen molar-refractivity contribution in [2.45, 2.75) is 99.3 Å². The maximum absolute atomic E-state index is 6.06. The van der Waals surface area contributed by atoms with E-state index in [-0.39, 0.29) is 23.0 Å². The Labute approximate surface area is 360 Å². The Morgan fingerprint density at radius 1 is 0.550 bits per heavy atom. The summed E-state index contributed by atoms with van der Waals surface area (Å²) in [6.07, 6.45) is 1.92. The zero-order valence-corrected chi connectivity index (χ0v) is 38.1. The van der Waals surface area contributed by atoms with E-state index in [1.54, 1.807) is 0 Å². The Hall–Kier alpha value is -5.52. The van der Waals surface area contributed by atoms with Gasteiger partial charge in [0, 0.05) is 38.4 Å². The third-order valence-corrected chi connectivity index (χ3v) is 14.2. The minimum absolute atomic E-state index is 0.0116. The maximum Gasteiger partial charge on any atom is 0.254 e. The number of thiophene rings is 1. The first-order valence-corrected chi connectivity index (χ1v) is 22.3. The molecule has 0 atom stereocenters. The standard InChI is InChI=1S/C55H55BN2OS/c1-32-25-45-50-46(26-32)58(51-33(2)27-35(28-34(51)3)42-31-59-47-16-14-13-15-40(42)47)52-49(41-29-37(54(7,8)9)20-24-48(41)60-52)56(50)43-30-38(55(10,11)12)19-23-44(43)57(45)39-21-17-36(18-22-39)53(4,5)6/h13-31H,1-12H3. The molecule has 0 aliphatic carbocycles. The molecule has 2 aliphatic heterocycles. The molecule has 4 heterocycles. The van der Waals surface area contributed by atoms with E-state index in [0.29, 0.717) is 0 Å². The first-order valence-electron chi connectivity index (χ1n) is 21.5. The highest BCUT2D eigenvalue weighted by molar-refractivity contribution is 7.26. The molecule has 0 fully saturated rings. The summed E-state index contributed by atoms with van der Waals surface area (Å²) in [5.41, 5.74) is 21.4. The molecule has 6 aromatic carbocycles. The van der Waals surface area contributed by atoms with Crippen LogP contribution in [0.25, 0.3) is 32.2 Å². The molecular weight excluding hydrogens is 747 g/mol. The van der Waals surface area contributed by atoms with Crippen LogP contribution in [0.3, 0.4) is 0 Å². The van der Waals surface area contributed by atoms with E-state index < -0.39 is 0 Å². The van der Waals surface area contributed by atoms with Crippen molar-refractivity contribution in [2.75, 3.05) is 9.80 Å². The minimum Gasteiger partial charge on any atom is -0.464 e. The summed E-state index contributed by atoms with van der Waals surface area (Å²) >= 11 is 1.94. The molecule has 2 aliphatic rings. The molecule has 0 radical (unpaired) electrons. The highest BCUT2D eigenvalue weighted by Crippen LogP contribution is 2.51. The Morgan fingerprint density at radius 2 is 1.15 bits per heavy atom. The fourth-order valence-electron chi connectivity index (χ4n) is 9.87. The lowest BCUT2D eigenvalue weighted by molar-refractivity contribution is 0.590. The van der Waals surface area contributed by atoms with Gasteiger partial charge in [-0.1, -0.05) is 117 Å². The van der Waals surface area contributed by atoms with Crippen LogP contribution >= 0.6 is 11.3 Å². The number of para-hydroxylation sites is 1. The summed E-state index contributed by atoms with van der Waals surface area (Å²) in [6, 6.07) is 41.9. The monoisotopic (exact) mass is 802 g/mol. The van der Waals surface area contributed by atoms with Crippen molar-refractivity contribution in [3.05, 3.63) is 149 Å². The molecule has 2 aromatic heterocycles. The van der Waals surface area contributed by atoms with E-state index in [0.717, 1.165) is 16.5 Å². The first-order chi connectivity index (χ1) is 28.4. The number of furan rings is 1. The Bertz CT molecular complexity index is 3010. The number of anilines is 6. The molecule has 60 heavy (non-hydrogen) atoms. The van der Waals surface area contributed by atoms with Gasteiger partial charge in [0.15, 0.2) is 0 Å². The quantitative estimate of drug-likeness (QED) is 0.166. The van der Waals surface area contributed by atoms with Crippen molar-refractivity contribution in [1.82, 2.24) is 0 Å². The second kappa shape index (κ2) is 13.2. The largest absolute Gasteiger partial charge is 0.464 e. The van der Waals surface area contributed by atoms with Crippen LogP contribution in [-0.2, 0) is 16.2 Å². The van der Waals surface area contributed by atoms with E-state index in [2.05, 4.69) is 196 Å². The van der Waals surface area contributed by atoms with Crippen LogP contribution in [0.5, 0.6) is 0 Å². The predicted molar refractivity (Wildman–Crippen MR) is 261 cm³/mol. The first kappa shape index (κ1) is 38.7. The van der Waals surface area contributed by atoms with Gasteiger partial charge in [-0.25, -0.2) is 0 Å². The fourth-order valence-corrected chi connectivity index (χ4v) is 11.1. The van der Waals surface area contributed by atoms with Crippen LogP contribution in [0.1, 0.15) is 95.7 Å². The van der Waals surface area contributed by atoms with Gasteiger partial charge >= 0.3 is 0 Å². The molecule has 0 N–H and O–H groups in total. The van der Waals surface area contributed by atoms with Gasteiger partial charge < -0.3 is 14.2 Å². The van der Waals surface area contributed by atoms with Crippen molar-refractivity contribution in [1.29, 1.82) is 0 Å². The third kappa shape index (κ3) is 5.98. The van der Waals surface area contributed by atoms with Crippen LogP contribution in [-0.4, -0.2) is 6.71 Å². The molecule has 0 spiro atoms. The molecule has 8 aromatic rings. The molecule has 0 bridgehead atoms. The average molecular weight is 803 g/mol. The summed E-state index contributed by atoms with van der Waals surface area (Å²) < 4.78 is 7.39. The molecule has 3 nitrogen and oxygen atoms in total. The highest BCUT2D eigenvalue weighted by atomic mass is 32.1. The molecule has 0 amide bonds. The summed E-state index contributed by atoms with van der Waals surface area (Å²) in [5, 5.41) is 3.82. The van der Waals surface area contributed by atoms with Gasteiger partial charge in [-0.15, -0.1) is 11.3 Å². The van der Waals surface area contributed by atoms with Crippen molar-refractivity contribution >= 4 is 88.9 Å². The lowest BCUT2D eigenvalue weighted by Gasteiger charge is -2.44. The van der Waals surface area contributed by atoms with Gasteiger partial charge in [0.1, 0.15) is 5.58 Å². The minimum atomic E-state index is -0.0134. The second-order valence-corrected chi connectivity index (χ2v) is 21.6. The van der Waals surface area contributed by atoms with Crippen LogP contribution < -0.4 is 26.2 Å². The zero-order chi connectivity index (χ0) is 42.2. The number of rotatable bonds is 3. The van der Waals surface area contributed by atoms with Crippen molar-refractivity contribution in [3.63, 3.8) is 0 Å². The lowest BCUT2D eigenvalue weighted by atomic mass is 9.33. The maximum atomic E-state index is 6.06. The summed E-state index contributed by atoms with van der Waals surface area (Å²) in [6.45, 7) is 27.8. The van der Waals surface area contributed by atoms with Crippen LogP contribution in [0.4, 0.5) is 33.4 Å². The zero-order valence-electron chi connectivity index (χ0n) is 37.3. The summed E-state index contributed by atoms with van der Waals surface area (Å²) in [7, 11) is 0. The van der Waals surface area contributed by atoms with E-state index >= 15 is 0 Å². The SMILES string of the molecule is Cc1cc2c3c(c1)N(c1c(C)cc(-c4coc5ccccc45)cc1C)c1sc4ccc(C(C)(C)C)cc4c1B3c1cc(C(C)(C)C)ccc1N2c1ccc(C(C)(C)C)cc1. The number of nitrogens with zero attached hydrogens (tertiary/aromatic N) is 2. The van der Waals surface area contributed by atoms with Gasteiger partial charge in [-0.3, -0.25) is 0 Å². The van der Waals surface area contributed by atoms with Crippen molar-refractivity contribution < 1.29 is 4.42 Å². The summed E-state index contributed by atoms with van der Waals surface area (Å²) in [4.78, 5) is 5.20. The topological polar surface area (TPSA) is 19.6 Å². The number of hydrogen-bond donors (Lipinski definition) is 0. The third-order valence-electron chi connectivity index (χ3n) is 13.1. The van der Waals surface area contributed by atoms with E-state index in [1.165, 1.54) is 98.9 Å². The van der Waals surface area contributed by atoms with E-state index in [1.807, 2.05) is 23.7 Å². The second-order valence-electron chi connectivity index (χ2n) is 20.5. The lowest BCUT2D eigenvalue weighted by Crippen LogP contribution is -2.61. The smallest absolute Gasteiger partial charge is 0.254 e. The molecular formula is C55H55BN2OS. The van der Waals surface area contributed by atoms with Crippen LogP contribution in [0, 0.1) is 20.8 Å². The molecule has 300 valence electrons. The fraction of sp³-hybridized carbons (Fsp3) is 0.273. The predicted octanol–water partition coefficient (Wildman–Crippen LogP) is 14.2. The van der Waals surface area contributed by atoms with Gasteiger partial charge in [0.05, 0.1) is 17.0 Å². The summed E-state index contributed by atoms with van der Waals surface area (Å²) in [5.74, 6) is 0. The Kier molecular flexibility index (Phi) is 8.53. The number of benzene rings is 6. The van der Waals surface area contributed by atoms with Crippen LogP contribution in [0.15, 0.2) is 120 Å². The van der Waals surface area contributed by atoms with E-state index in [9.17, 15) is 0 Å². The average Bonchev–Trinajstić information content (AvgIpc) is 3.79. The van der Waals surface area contributed by atoms with Crippen LogP contribution in [0.2, 0.25) is 0 Å². The molecule has 0 saturated heterocycles. The van der Waals surface area contributed by atoms with Gasteiger partial charge in [-0.05, 0) is 152 Å².